The van der Waals surface area contributed by atoms with Gasteiger partial charge >= 0.3 is 0 Å². The Kier molecular flexibility index (Phi) is 3.70. The third kappa shape index (κ3) is 3.48. The average molecular weight is 255 g/mol. The van der Waals surface area contributed by atoms with Crippen molar-refractivity contribution in [2.24, 2.45) is 5.92 Å². The highest BCUT2D eigenvalue weighted by Gasteiger charge is 2.25. The highest BCUT2D eigenvalue weighted by Crippen LogP contribution is 2.32. The van der Waals surface area contributed by atoms with Gasteiger partial charge in [-0.05, 0) is 37.7 Å². The van der Waals surface area contributed by atoms with Crippen LogP contribution >= 0.6 is 0 Å². The maximum atomic E-state index is 5.52. The van der Waals surface area contributed by atoms with Crippen molar-refractivity contribution < 1.29 is 0 Å². The van der Waals surface area contributed by atoms with E-state index in [1.54, 1.807) is 0 Å². The van der Waals surface area contributed by atoms with E-state index in [0.717, 1.165) is 25.0 Å². The Morgan fingerprint density at radius 3 is 2.89 bits per heavy atom. The van der Waals surface area contributed by atoms with E-state index >= 15 is 0 Å². The minimum absolute atomic E-state index is 0.691. The standard InChI is InChI=1S/C16H21N3/c1-2-9-19(12-13-3-4-13)16-7-8-17-10-14(16)11-18-15-5-6-15/h1,7-8,10,13,15,18H,3-6,9,11-12H2. The molecule has 2 aliphatic carbocycles. The van der Waals surface area contributed by atoms with Crippen LogP contribution in [0.2, 0.25) is 0 Å². The van der Waals surface area contributed by atoms with Gasteiger partial charge in [0.05, 0.1) is 6.54 Å². The molecule has 2 fully saturated rings. The van der Waals surface area contributed by atoms with Crippen molar-refractivity contribution in [2.75, 3.05) is 18.0 Å². The summed E-state index contributed by atoms with van der Waals surface area (Å²) < 4.78 is 0. The second-order valence-electron chi connectivity index (χ2n) is 5.69. The van der Waals surface area contributed by atoms with Crippen LogP contribution in [-0.2, 0) is 6.54 Å². The zero-order chi connectivity index (χ0) is 13.1. The molecular weight excluding hydrogens is 234 g/mol. The summed E-state index contributed by atoms with van der Waals surface area (Å²) in [5.41, 5.74) is 2.53. The first-order chi connectivity index (χ1) is 9.36. The molecule has 0 saturated heterocycles. The first kappa shape index (κ1) is 12.5. The molecule has 0 atom stereocenters. The van der Waals surface area contributed by atoms with Crippen molar-refractivity contribution in [3.8, 4) is 12.3 Å². The highest BCUT2D eigenvalue weighted by molar-refractivity contribution is 5.53. The lowest BCUT2D eigenvalue weighted by Gasteiger charge is -2.25. The molecular formula is C16H21N3. The Morgan fingerprint density at radius 2 is 2.21 bits per heavy atom. The minimum Gasteiger partial charge on any atom is -0.360 e. The zero-order valence-electron chi connectivity index (χ0n) is 11.3. The fourth-order valence-corrected chi connectivity index (χ4v) is 2.38. The first-order valence-corrected chi connectivity index (χ1v) is 7.21. The fraction of sp³-hybridized carbons (Fsp3) is 0.562. The van der Waals surface area contributed by atoms with E-state index in [1.165, 1.54) is 36.9 Å². The minimum atomic E-state index is 0.691. The van der Waals surface area contributed by atoms with Crippen LogP contribution in [-0.4, -0.2) is 24.1 Å². The van der Waals surface area contributed by atoms with Crippen molar-refractivity contribution >= 4 is 5.69 Å². The molecule has 1 heterocycles. The normalized spacial score (nSPS) is 18.1. The Hall–Kier alpha value is -1.53. The van der Waals surface area contributed by atoms with Gasteiger partial charge < -0.3 is 10.2 Å². The lowest BCUT2D eigenvalue weighted by molar-refractivity contribution is 0.679. The molecule has 2 aliphatic rings. The Morgan fingerprint density at radius 1 is 1.37 bits per heavy atom. The third-order valence-electron chi connectivity index (χ3n) is 3.83. The summed E-state index contributed by atoms with van der Waals surface area (Å²) >= 11 is 0. The number of pyridine rings is 1. The lowest BCUT2D eigenvalue weighted by Crippen LogP contribution is -2.28. The molecule has 0 aliphatic heterocycles. The third-order valence-corrected chi connectivity index (χ3v) is 3.83. The molecule has 1 aromatic rings. The molecule has 0 radical (unpaired) electrons. The predicted octanol–water partition coefficient (Wildman–Crippen LogP) is 2.18. The molecule has 3 heteroatoms. The summed E-state index contributed by atoms with van der Waals surface area (Å²) in [7, 11) is 0. The summed E-state index contributed by atoms with van der Waals surface area (Å²) in [6.45, 7) is 2.68. The van der Waals surface area contributed by atoms with Gasteiger partial charge in [0.25, 0.3) is 0 Å². The zero-order valence-corrected chi connectivity index (χ0v) is 11.3. The van der Waals surface area contributed by atoms with Crippen LogP contribution in [0.25, 0.3) is 0 Å². The number of nitrogens with zero attached hydrogens (tertiary/aromatic N) is 2. The number of hydrogen-bond donors (Lipinski definition) is 1. The van der Waals surface area contributed by atoms with Crippen LogP contribution in [0.1, 0.15) is 31.2 Å². The number of aromatic nitrogens is 1. The van der Waals surface area contributed by atoms with Crippen LogP contribution < -0.4 is 10.2 Å². The monoisotopic (exact) mass is 255 g/mol. The topological polar surface area (TPSA) is 28.2 Å². The van der Waals surface area contributed by atoms with Gasteiger partial charge in [0.1, 0.15) is 0 Å². The van der Waals surface area contributed by atoms with Gasteiger partial charge in [0.2, 0.25) is 0 Å². The van der Waals surface area contributed by atoms with Gasteiger partial charge in [-0.25, -0.2) is 0 Å². The molecule has 3 rings (SSSR count). The second-order valence-corrected chi connectivity index (χ2v) is 5.69. The lowest BCUT2D eigenvalue weighted by atomic mass is 10.2. The average Bonchev–Trinajstić information content (AvgIpc) is 3.31. The van der Waals surface area contributed by atoms with Gasteiger partial charge in [-0.3, -0.25) is 4.98 Å². The van der Waals surface area contributed by atoms with Crippen molar-refractivity contribution in [2.45, 2.75) is 38.3 Å². The number of nitrogens with one attached hydrogen (secondary N) is 1. The summed E-state index contributed by atoms with van der Waals surface area (Å²) in [6.07, 6.45) is 14.7. The number of terminal acetylenes is 1. The summed E-state index contributed by atoms with van der Waals surface area (Å²) in [5.74, 6) is 3.63. The van der Waals surface area contributed by atoms with Crippen LogP contribution in [0.15, 0.2) is 18.5 Å². The Bertz CT molecular complexity index is 469. The van der Waals surface area contributed by atoms with E-state index in [0.29, 0.717) is 6.54 Å². The maximum absolute atomic E-state index is 5.52. The van der Waals surface area contributed by atoms with Gasteiger partial charge in [0.15, 0.2) is 0 Å². The summed E-state index contributed by atoms with van der Waals surface area (Å²) in [4.78, 5) is 6.60. The molecule has 19 heavy (non-hydrogen) atoms. The second kappa shape index (κ2) is 5.63. The predicted molar refractivity (Wildman–Crippen MR) is 77.9 cm³/mol. The Balaban J connectivity index is 1.72. The number of hydrogen-bond acceptors (Lipinski definition) is 3. The van der Waals surface area contributed by atoms with Crippen molar-refractivity contribution in [3.05, 3.63) is 24.0 Å². The fourth-order valence-electron chi connectivity index (χ4n) is 2.38. The number of rotatable bonds is 7. The van der Waals surface area contributed by atoms with E-state index in [-0.39, 0.29) is 0 Å². The van der Waals surface area contributed by atoms with Gasteiger partial charge in [0, 0.05) is 42.8 Å². The molecule has 3 nitrogen and oxygen atoms in total. The molecule has 0 bridgehead atoms. The van der Waals surface area contributed by atoms with Crippen LogP contribution in [0.4, 0.5) is 5.69 Å². The van der Waals surface area contributed by atoms with E-state index in [1.807, 2.05) is 12.4 Å². The van der Waals surface area contributed by atoms with E-state index in [2.05, 4.69) is 27.2 Å². The smallest absolute Gasteiger partial charge is 0.0791 e. The number of anilines is 1. The molecule has 1 N–H and O–H groups in total. The summed E-state index contributed by atoms with van der Waals surface area (Å²) in [5, 5.41) is 3.56. The van der Waals surface area contributed by atoms with Gasteiger partial charge in [-0.2, -0.15) is 0 Å². The first-order valence-electron chi connectivity index (χ1n) is 7.21. The van der Waals surface area contributed by atoms with Crippen molar-refractivity contribution in [3.63, 3.8) is 0 Å². The molecule has 0 aromatic carbocycles. The summed E-state index contributed by atoms with van der Waals surface area (Å²) in [6, 6.07) is 2.82. The van der Waals surface area contributed by atoms with Crippen LogP contribution in [0.5, 0.6) is 0 Å². The highest BCUT2D eigenvalue weighted by atomic mass is 15.1. The van der Waals surface area contributed by atoms with E-state index < -0.39 is 0 Å². The van der Waals surface area contributed by atoms with Gasteiger partial charge in [-0.15, -0.1) is 6.42 Å². The van der Waals surface area contributed by atoms with E-state index in [9.17, 15) is 0 Å². The largest absolute Gasteiger partial charge is 0.360 e. The molecule has 0 unspecified atom stereocenters. The van der Waals surface area contributed by atoms with E-state index in [4.69, 9.17) is 6.42 Å². The molecule has 1 aromatic heterocycles. The van der Waals surface area contributed by atoms with Gasteiger partial charge in [-0.1, -0.05) is 5.92 Å². The molecule has 0 spiro atoms. The molecule has 2 saturated carbocycles. The quantitative estimate of drug-likeness (QED) is 0.757. The van der Waals surface area contributed by atoms with Crippen molar-refractivity contribution in [1.82, 2.24) is 10.3 Å². The SMILES string of the molecule is C#CCN(CC1CC1)c1ccncc1CNC1CC1. The van der Waals surface area contributed by atoms with Crippen LogP contribution in [0.3, 0.4) is 0 Å². The maximum Gasteiger partial charge on any atom is 0.0791 e. The molecule has 0 amide bonds. The Labute approximate surface area is 115 Å². The molecule has 100 valence electrons. The van der Waals surface area contributed by atoms with Crippen LogP contribution in [0, 0.1) is 18.3 Å². The van der Waals surface area contributed by atoms with Crippen molar-refractivity contribution in [1.29, 1.82) is 0 Å².